The van der Waals surface area contributed by atoms with Gasteiger partial charge in [0.05, 0.1) is 5.56 Å². The molecule has 104 valence electrons. The topological polar surface area (TPSA) is 55.1 Å². The molecule has 20 heavy (non-hydrogen) atoms. The minimum atomic E-state index is -4.38. The Kier molecular flexibility index (Phi) is 3.60. The zero-order valence-corrected chi connectivity index (χ0v) is 10.1. The van der Waals surface area contributed by atoms with Gasteiger partial charge in [-0.1, -0.05) is 23.9 Å². The van der Waals surface area contributed by atoms with Gasteiger partial charge < -0.3 is 4.52 Å². The molecule has 0 aliphatic heterocycles. The van der Waals surface area contributed by atoms with Gasteiger partial charge >= 0.3 is 6.18 Å². The minimum Gasteiger partial charge on any atom is -0.338 e. The SMILES string of the molecule is C=CC(=O)Nc1cc(-c2ccc(C(F)(F)F)cc2)no1. The highest BCUT2D eigenvalue weighted by Gasteiger charge is 2.30. The van der Waals surface area contributed by atoms with Crippen molar-refractivity contribution in [3.63, 3.8) is 0 Å². The highest BCUT2D eigenvalue weighted by Crippen LogP contribution is 2.31. The number of hydrogen-bond acceptors (Lipinski definition) is 3. The van der Waals surface area contributed by atoms with Gasteiger partial charge in [0.25, 0.3) is 0 Å². The number of carbonyl (C=O) groups excluding carboxylic acids is 1. The maximum absolute atomic E-state index is 12.4. The summed E-state index contributed by atoms with van der Waals surface area (Å²) in [7, 11) is 0. The van der Waals surface area contributed by atoms with E-state index in [-0.39, 0.29) is 5.88 Å². The lowest BCUT2D eigenvalue weighted by Crippen LogP contribution is -2.05. The van der Waals surface area contributed by atoms with Crippen molar-refractivity contribution < 1.29 is 22.5 Å². The van der Waals surface area contributed by atoms with Gasteiger partial charge in [-0.2, -0.15) is 13.2 Å². The smallest absolute Gasteiger partial charge is 0.338 e. The van der Waals surface area contributed by atoms with Gasteiger partial charge in [0.15, 0.2) is 0 Å². The van der Waals surface area contributed by atoms with Crippen molar-refractivity contribution >= 4 is 11.8 Å². The highest BCUT2D eigenvalue weighted by atomic mass is 19.4. The molecule has 0 saturated heterocycles. The van der Waals surface area contributed by atoms with Crippen molar-refractivity contribution in [2.24, 2.45) is 0 Å². The molecule has 0 radical (unpaired) electrons. The molecule has 0 bridgehead atoms. The van der Waals surface area contributed by atoms with Gasteiger partial charge in [0, 0.05) is 11.6 Å². The second kappa shape index (κ2) is 5.20. The fourth-order valence-corrected chi connectivity index (χ4v) is 1.47. The van der Waals surface area contributed by atoms with Crippen molar-refractivity contribution in [2.45, 2.75) is 6.18 Å². The van der Waals surface area contributed by atoms with Crippen LogP contribution in [0.2, 0.25) is 0 Å². The molecular formula is C13H9F3N2O2. The van der Waals surface area contributed by atoms with Crippen LogP contribution < -0.4 is 5.32 Å². The maximum Gasteiger partial charge on any atom is 0.416 e. The Hall–Kier alpha value is -2.57. The summed E-state index contributed by atoms with van der Waals surface area (Å²) < 4.78 is 42.1. The normalized spacial score (nSPS) is 11.2. The molecule has 1 amide bonds. The lowest BCUT2D eigenvalue weighted by molar-refractivity contribution is -0.137. The second-order valence-corrected chi connectivity index (χ2v) is 3.84. The number of halogens is 3. The summed E-state index contributed by atoms with van der Waals surface area (Å²) in [6.07, 6.45) is -3.33. The standard InChI is InChI=1S/C13H9F3N2O2/c1-2-11(19)17-12-7-10(18-20-12)8-3-5-9(6-4-8)13(14,15)16/h2-7H,1H2,(H,17,19). The summed E-state index contributed by atoms with van der Waals surface area (Å²) in [5.74, 6) is -0.384. The van der Waals surface area contributed by atoms with E-state index in [9.17, 15) is 18.0 Å². The van der Waals surface area contributed by atoms with E-state index in [4.69, 9.17) is 4.52 Å². The first-order valence-electron chi connectivity index (χ1n) is 5.48. The van der Waals surface area contributed by atoms with Crippen LogP contribution in [0, 0.1) is 0 Å². The largest absolute Gasteiger partial charge is 0.416 e. The molecular weight excluding hydrogens is 273 g/mol. The molecule has 4 nitrogen and oxygen atoms in total. The molecule has 1 aromatic carbocycles. The summed E-state index contributed by atoms with van der Waals surface area (Å²) in [6, 6.07) is 5.86. The maximum atomic E-state index is 12.4. The van der Waals surface area contributed by atoms with Crippen LogP contribution in [-0.4, -0.2) is 11.1 Å². The first-order valence-corrected chi connectivity index (χ1v) is 5.48. The molecule has 0 aliphatic rings. The van der Waals surface area contributed by atoms with Gasteiger partial charge in [-0.3, -0.25) is 10.1 Å². The molecule has 0 spiro atoms. The third-order valence-electron chi connectivity index (χ3n) is 2.45. The van der Waals surface area contributed by atoms with Crippen LogP contribution in [0.3, 0.4) is 0 Å². The van der Waals surface area contributed by atoms with Crippen LogP contribution in [0.4, 0.5) is 19.1 Å². The Labute approximate surface area is 111 Å². The summed E-state index contributed by atoms with van der Waals surface area (Å²) in [5.41, 5.74) is 0.0175. The van der Waals surface area contributed by atoms with E-state index in [0.29, 0.717) is 11.3 Å². The number of anilines is 1. The predicted molar refractivity (Wildman–Crippen MR) is 65.8 cm³/mol. The van der Waals surface area contributed by atoms with Crippen LogP contribution >= 0.6 is 0 Å². The average Bonchev–Trinajstić information content (AvgIpc) is 2.86. The number of aromatic nitrogens is 1. The number of hydrogen-bond donors (Lipinski definition) is 1. The number of benzene rings is 1. The number of alkyl halides is 3. The van der Waals surface area contributed by atoms with Crippen molar-refractivity contribution in [3.05, 3.63) is 48.6 Å². The fourth-order valence-electron chi connectivity index (χ4n) is 1.47. The molecule has 2 aromatic rings. The quantitative estimate of drug-likeness (QED) is 0.877. The lowest BCUT2D eigenvalue weighted by atomic mass is 10.1. The predicted octanol–water partition coefficient (Wildman–Crippen LogP) is 3.48. The number of amides is 1. The van der Waals surface area contributed by atoms with Gasteiger partial charge in [-0.25, -0.2) is 0 Å². The van der Waals surface area contributed by atoms with E-state index < -0.39 is 17.6 Å². The van der Waals surface area contributed by atoms with E-state index in [1.165, 1.54) is 18.2 Å². The third kappa shape index (κ3) is 3.05. The molecule has 0 unspecified atom stereocenters. The molecule has 2 rings (SSSR count). The van der Waals surface area contributed by atoms with Crippen LogP contribution in [0.1, 0.15) is 5.56 Å². The van der Waals surface area contributed by atoms with Gasteiger partial charge in [-0.05, 0) is 18.2 Å². The number of rotatable bonds is 3. The first-order chi connectivity index (χ1) is 9.40. The summed E-state index contributed by atoms with van der Waals surface area (Å²) in [4.78, 5) is 11.0. The Morgan fingerprint density at radius 2 is 1.95 bits per heavy atom. The van der Waals surface area contributed by atoms with Gasteiger partial charge in [-0.15, -0.1) is 0 Å². The van der Waals surface area contributed by atoms with Crippen LogP contribution in [0.25, 0.3) is 11.3 Å². The summed E-state index contributed by atoms with van der Waals surface area (Å²) >= 11 is 0. The third-order valence-corrected chi connectivity index (χ3v) is 2.45. The van der Waals surface area contributed by atoms with Crippen LogP contribution in [-0.2, 0) is 11.0 Å². The van der Waals surface area contributed by atoms with Crippen LogP contribution in [0.5, 0.6) is 0 Å². The number of carbonyl (C=O) groups is 1. The van der Waals surface area contributed by atoms with Crippen molar-refractivity contribution in [1.82, 2.24) is 5.16 Å². The minimum absolute atomic E-state index is 0.0878. The van der Waals surface area contributed by atoms with Crippen LogP contribution in [0.15, 0.2) is 47.5 Å². The Bertz CT molecular complexity index is 630. The van der Waals surface area contributed by atoms with E-state index in [0.717, 1.165) is 18.2 Å². The Morgan fingerprint density at radius 1 is 1.30 bits per heavy atom. The lowest BCUT2D eigenvalue weighted by Gasteiger charge is -2.06. The zero-order chi connectivity index (χ0) is 14.8. The highest BCUT2D eigenvalue weighted by molar-refractivity contribution is 5.98. The fraction of sp³-hybridized carbons (Fsp3) is 0.0769. The second-order valence-electron chi connectivity index (χ2n) is 3.84. The van der Waals surface area contributed by atoms with Gasteiger partial charge in [0.2, 0.25) is 11.8 Å². The molecule has 1 aromatic heterocycles. The summed E-state index contributed by atoms with van der Waals surface area (Å²) in [6.45, 7) is 3.27. The molecule has 0 fully saturated rings. The molecule has 0 atom stereocenters. The van der Waals surface area contributed by atoms with E-state index >= 15 is 0 Å². The summed E-state index contributed by atoms with van der Waals surface area (Å²) in [5, 5.41) is 6.01. The van der Waals surface area contributed by atoms with E-state index in [1.54, 1.807) is 0 Å². The van der Waals surface area contributed by atoms with Crippen molar-refractivity contribution in [3.8, 4) is 11.3 Å². The molecule has 0 aliphatic carbocycles. The zero-order valence-electron chi connectivity index (χ0n) is 10.1. The Balaban J connectivity index is 2.20. The molecule has 0 saturated carbocycles. The average molecular weight is 282 g/mol. The Morgan fingerprint density at radius 3 is 2.50 bits per heavy atom. The number of nitrogens with zero attached hydrogens (tertiary/aromatic N) is 1. The number of nitrogens with one attached hydrogen (secondary N) is 1. The monoisotopic (exact) mass is 282 g/mol. The van der Waals surface area contributed by atoms with E-state index in [2.05, 4.69) is 17.1 Å². The van der Waals surface area contributed by atoms with E-state index in [1.807, 2.05) is 0 Å². The van der Waals surface area contributed by atoms with Gasteiger partial charge in [0.1, 0.15) is 5.69 Å². The van der Waals surface area contributed by atoms with Crippen molar-refractivity contribution in [2.75, 3.05) is 5.32 Å². The van der Waals surface area contributed by atoms with Crippen molar-refractivity contribution in [1.29, 1.82) is 0 Å². The first kappa shape index (κ1) is 13.9. The molecule has 1 N–H and O–H groups in total. The molecule has 7 heteroatoms. The molecule has 1 heterocycles.